The lowest BCUT2D eigenvalue weighted by atomic mass is 10.1. The van der Waals surface area contributed by atoms with Crippen LogP contribution in [0.2, 0.25) is 0 Å². The molecule has 1 aliphatic heterocycles. The number of hydrogen-bond acceptors (Lipinski definition) is 1. The van der Waals surface area contributed by atoms with Crippen molar-refractivity contribution in [3.05, 3.63) is 35.4 Å². The van der Waals surface area contributed by atoms with E-state index < -0.39 is 0 Å². The van der Waals surface area contributed by atoms with Crippen LogP contribution in [0.3, 0.4) is 0 Å². The van der Waals surface area contributed by atoms with E-state index in [2.05, 4.69) is 0 Å². The molecule has 0 spiro atoms. The van der Waals surface area contributed by atoms with Gasteiger partial charge in [-0.2, -0.15) is 0 Å². The number of amides is 1. The number of piperidine rings is 1. The van der Waals surface area contributed by atoms with Gasteiger partial charge in [0.2, 0.25) is 0 Å². The van der Waals surface area contributed by atoms with Gasteiger partial charge in [-0.05, 0) is 38.3 Å². The highest BCUT2D eigenvalue weighted by Gasteiger charge is 2.17. The molecular weight excluding hydrogens is 210 g/mol. The third kappa shape index (κ3) is 3.88. The van der Waals surface area contributed by atoms with Crippen molar-refractivity contribution in [2.75, 3.05) is 13.1 Å². The summed E-state index contributed by atoms with van der Waals surface area (Å²) >= 11 is 0. The van der Waals surface area contributed by atoms with Crippen LogP contribution in [0.15, 0.2) is 24.3 Å². The smallest absolute Gasteiger partial charge is 0.253 e. The van der Waals surface area contributed by atoms with Gasteiger partial charge in [0.15, 0.2) is 0 Å². The molecule has 0 radical (unpaired) electrons. The van der Waals surface area contributed by atoms with Crippen molar-refractivity contribution >= 4 is 5.91 Å². The molecular formula is C15H23NO. The average molecular weight is 233 g/mol. The van der Waals surface area contributed by atoms with E-state index in [0.717, 1.165) is 37.1 Å². The Bertz CT molecular complexity index is 354. The van der Waals surface area contributed by atoms with Crippen LogP contribution in [-0.2, 0) is 0 Å². The number of hydrogen-bond donors (Lipinski definition) is 0. The van der Waals surface area contributed by atoms with Gasteiger partial charge in [0.05, 0.1) is 0 Å². The maximum absolute atomic E-state index is 12.1. The first-order valence-electron chi connectivity index (χ1n) is 6.63. The summed E-state index contributed by atoms with van der Waals surface area (Å²) < 4.78 is 0. The average Bonchev–Trinajstić information content (AvgIpc) is 2.41. The fourth-order valence-electron chi connectivity index (χ4n) is 2.06. The van der Waals surface area contributed by atoms with E-state index in [1.807, 2.05) is 49.9 Å². The Morgan fingerprint density at radius 2 is 1.76 bits per heavy atom. The van der Waals surface area contributed by atoms with Gasteiger partial charge < -0.3 is 4.90 Å². The Morgan fingerprint density at radius 3 is 2.35 bits per heavy atom. The van der Waals surface area contributed by atoms with Gasteiger partial charge in [0.25, 0.3) is 5.91 Å². The molecule has 0 saturated carbocycles. The van der Waals surface area contributed by atoms with E-state index in [1.54, 1.807) is 0 Å². The molecule has 0 N–H and O–H groups in total. The maximum Gasteiger partial charge on any atom is 0.253 e. The Morgan fingerprint density at radius 1 is 1.12 bits per heavy atom. The first-order valence-corrected chi connectivity index (χ1v) is 6.63. The molecule has 17 heavy (non-hydrogen) atoms. The third-order valence-electron chi connectivity index (χ3n) is 2.91. The van der Waals surface area contributed by atoms with Crippen LogP contribution in [0.25, 0.3) is 0 Å². The maximum atomic E-state index is 12.1. The number of nitrogens with zero attached hydrogens (tertiary/aromatic N) is 1. The molecule has 94 valence electrons. The molecule has 1 heterocycles. The predicted molar refractivity (Wildman–Crippen MR) is 72.3 cm³/mol. The molecule has 1 aromatic rings. The SMILES string of the molecule is CC.Cc1cccc(C(=O)N2CCCCC2)c1. The van der Waals surface area contributed by atoms with Crippen molar-refractivity contribution < 1.29 is 4.79 Å². The first kappa shape index (κ1) is 13.8. The zero-order valence-corrected chi connectivity index (χ0v) is 11.2. The fourth-order valence-corrected chi connectivity index (χ4v) is 2.06. The van der Waals surface area contributed by atoms with Crippen molar-refractivity contribution in [3.63, 3.8) is 0 Å². The quantitative estimate of drug-likeness (QED) is 0.725. The molecule has 1 fully saturated rings. The van der Waals surface area contributed by atoms with Crippen LogP contribution in [-0.4, -0.2) is 23.9 Å². The second-order valence-corrected chi connectivity index (χ2v) is 4.22. The fraction of sp³-hybridized carbons (Fsp3) is 0.533. The summed E-state index contributed by atoms with van der Waals surface area (Å²) in [6, 6.07) is 7.85. The molecule has 0 bridgehead atoms. The van der Waals surface area contributed by atoms with Crippen molar-refractivity contribution in [3.8, 4) is 0 Å². The predicted octanol–water partition coefficient (Wildman–Crippen LogP) is 3.65. The molecule has 2 heteroatoms. The number of rotatable bonds is 1. The van der Waals surface area contributed by atoms with E-state index in [1.165, 1.54) is 6.42 Å². The highest BCUT2D eigenvalue weighted by molar-refractivity contribution is 5.94. The van der Waals surface area contributed by atoms with Crippen LogP contribution in [0.5, 0.6) is 0 Å². The van der Waals surface area contributed by atoms with Crippen molar-refractivity contribution in [2.24, 2.45) is 0 Å². The molecule has 0 unspecified atom stereocenters. The van der Waals surface area contributed by atoms with Gasteiger partial charge in [0.1, 0.15) is 0 Å². The van der Waals surface area contributed by atoms with E-state index in [-0.39, 0.29) is 5.91 Å². The van der Waals surface area contributed by atoms with Crippen LogP contribution < -0.4 is 0 Å². The number of carbonyl (C=O) groups is 1. The van der Waals surface area contributed by atoms with E-state index in [4.69, 9.17) is 0 Å². The van der Waals surface area contributed by atoms with Gasteiger partial charge in [-0.3, -0.25) is 4.79 Å². The number of aryl methyl sites for hydroxylation is 1. The van der Waals surface area contributed by atoms with Crippen molar-refractivity contribution in [1.29, 1.82) is 0 Å². The third-order valence-corrected chi connectivity index (χ3v) is 2.91. The molecule has 1 saturated heterocycles. The monoisotopic (exact) mass is 233 g/mol. The lowest BCUT2D eigenvalue weighted by molar-refractivity contribution is 0.0724. The van der Waals surface area contributed by atoms with Crippen LogP contribution in [0.4, 0.5) is 0 Å². The molecule has 0 aromatic heterocycles. The minimum atomic E-state index is 0.193. The van der Waals surface area contributed by atoms with Crippen molar-refractivity contribution in [1.82, 2.24) is 4.90 Å². The number of carbonyl (C=O) groups excluding carboxylic acids is 1. The van der Waals surface area contributed by atoms with E-state index in [9.17, 15) is 4.79 Å². The van der Waals surface area contributed by atoms with Crippen LogP contribution >= 0.6 is 0 Å². The van der Waals surface area contributed by atoms with Crippen LogP contribution in [0.1, 0.15) is 49.0 Å². The second-order valence-electron chi connectivity index (χ2n) is 4.22. The Hall–Kier alpha value is -1.31. The molecule has 0 aliphatic carbocycles. The summed E-state index contributed by atoms with van der Waals surface area (Å²) in [6.45, 7) is 7.87. The summed E-state index contributed by atoms with van der Waals surface area (Å²) in [5, 5.41) is 0. The molecule has 1 aromatic carbocycles. The number of likely N-dealkylation sites (tertiary alicyclic amines) is 1. The number of benzene rings is 1. The summed E-state index contributed by atoms with van der Waals surface area (Å²) in [4.78, 5) is 14.0. The molecule has 1 amide bonds. The standard InChI is InChI=1S/C13H17NO.C2H6/c1-11-6-5-7-12(10-11)13(15)14-8-3-2-4-9-14;1-2/h5-7,10H,2-4,8-9H2,1H3;1-2H3. The van der Waals surface area contributed by atoms with Gasteiger partial charge in [-0.1, -0.05) is 31.5 Å². The van der Waals surface area contributed by atoms with Gasteiger partial charge in [0, 0.05) is 18.7 Å². The lowest BCUT2D eigenvalue weighted by Crippen LogP contribution is -2.35. The largest absolute Gasteiger partial charge is 0.339 e. The van der Waals surface area contributed by atoms with Gasteiger partial charge in [-0.25, -0.2) is 0 Å². The van der Waals surface area contributed by atoms with Gasteiger partial charge >= 0.3 is 0 Å². The highest BCUT2D eigenvalue weighted by atomic mass is 16.2. The molecule has 2 nitrogen and oxygen atoms in total. The van der Waals surface area contributed by atoms with Crippen LogP contribution in [0, 0.1) is 6.92 Å². The zero-order valence-electron chi connectivity index (χ0n) is 11.2. The zero-order chi connectivity index (χ0) is 12.7. The first-order chi connectivity index (χ1) is 8.27. The summed E-state index contributed by atoms with van der Waals surface area (Å²) in [7, 11) is 0. The topological polar surface area (TPSA) is 20.3 Å². The Kier molecular flexibility index (Phi) is 5.75. The van der Waals surface area contributed by atoms with E-state index >= 15 is 0 Å². The Labute approximate surface area is 105 Å². The highest BCUT2D eigenvalue weighted by Crippen LogP contribution is 2.13. The minimum Gasteiger partial charge on any atom is -0.339 e. The van der Waals surface area contributed by atoms with Crippen molar-refractivity contribution in [2.45, 2.75) is 40.0 Å². The second kappa shape index (κ2) is 7.10. The summed E-state index contributed by atoms with van der Waals surface area (Å²) in [6.07, 6.45) is 3.56. The Balaban J connectivity index is 0.000000686. The summed E-state index contributed by atoms with van der Waals surface area (Å²) in [5.74, 6) is 0.193. The molecule has 0 atom stereocenters. The minimum absolute atomic E-state index is 0.193. The van der Waals surface area contributed by atoms with Gasteiger partial charge in [-0.15, -0.1) is 0 Å². The summed E-state index contributed by atoms with van der Waals surface area (Å²) in [5.41, 5.74) is 1.98. The van der Waals surface area contributed by atoms with E-state index in [0.29, 0.717) is 0 Å². The lowest BCUT2D eigenvalue weighted by Gasteiger charge is -2.26. The molecule has 1 aliphatic rings. The molecule has 2 rings (SSSR count). The normalized spacial score (nSPS) is 14.9.